The van der Waals surface area contributed by atoms with Crippen molar-refractivity contribution in [1.82, 2.24) is 5.32 Å². The van der Waals surface area contributed by atoms with Crippen LogP contribution in [-0.4, -0.2) is 6.04 Å². The summed E-state index contributed by atoms with van der Waals surface area (Å²) in [6.45, 7) is 4.28. The minimum atomic E-state index is 0.0707. The van der Waals surface area contributed by atoms with Crippen molar-refractivity contribution in [3.63, 3.8) is 0 Å². The van der Waals surface area contributed by atoms with Crippen LogP contribution >= 0.6 is 0 Å². The number of hydrogen-bond acceptors (Lipinski definition) is 1. The smallest absolute Gasteiger partial charge is 0.0951 e. The van der Waals surface area contributed by atoms with Crippen molar-refractivity contribution in [2.75, 3.05) is 0 Å². The summed E-state index contributed by atoms with van der Waals surface area (Å²) in [7, 11) is 0. The van der Waals surface area contributed by atoms with Gasteiger partial charge in [-0.25, -0.2) is 0 Å². The first-order valence-corrected chi connectivity index (χ1v) is 6.63. The zero-order chi connectivity index (χ0) is 13.5. The molecule has 1 nitrogen and oxygen atoms in total. The first kappa shape index (κ1) is 13.4. The van der Waals surface area contributed by atoms with E-state index in [-0.39, 0.29) is 6.04 Å². The van der Waals surface area contributed by atoms with Gasteiger partial charge >= 0.3 is 0 Å². The van der Waals surface area contributed by atoms with Crippen LogP contribution in [0, 0.1) is 11.8 Å². The summed E-state index contributed by atoms with van der Waals surface area (Å²) >= 11 is 0. The van der Waals surface area contributed by atoms with Gasteiger partial charge in [0.05, 0.1) is 6.04 Å². The van der Waals surface area contributed by atoms with Gasteiger partial charge in [0, 0.05) is 11.6 Å². The van der Waals surface area contributed by atoms with Crippen molar-refractivity contribution in [1.29, 1.82) is 0 Å². The van der Waals surface area contributed by atoms with Crippen molar-refractivity contribution >= 4 is 0 Å². The van der Waals surface area contributed by atoms with Crippen LogP contribution < -0.4 is 5.32 Å². The average molecular weight is 249 g/mol. The third-order valence-electron chi connectivity index (χ3n) is 2.77. The molecule has 0 amide bonds. The maximum Gasteiger partial charge on any atom is 0.0951 e. The molecular formula is C18H19N. The molecule has 0 bridgehead atoms. The van der Waals surface area contributed by atoms with Gasteiger partial charge in [-0.05, 0) is 31.5 Å². The lowest BCUT2D eigenvalue weighted by Crippen LogP contribution is -2.27. The van der Waals surface area contributed by atoms with Crippen LogP contribution in [0.2, 0.25) is 0 Å². The summed E-state index contributed by atoms with van der Waals surface area (Å²) in [5.41, 5.74) is 2.26. The normalized spacial score (nSPS) is 11.7. The molecule has 1 heteroatoms. The van der Waals surface area contributed by atoms with Gasteiger partial charge in [-0.2, -0.15) is 0 Å². The Kier molecular flexibility index (Phi) is 4.78. The molecule has 1 atom stereocenters. The first-order valence-electron chi connectivity index (χ1n) is 6.63. The molecule has 0 aromatic heterocycles. The average Bonchev–Trinajstić information content (AvgIpc) is 2.45. The predicted octanol–water partition coefficient (Wildman–Crippen LogP) is 3.78. The lowest BCUT2D eigenvalue weighted by atomic mass is 10.1. The molecule has 0 saturated heterocycles. The van der Waals surface area contributed by atoms with E-state index in [2.05, 4.69) is 55.3 Å². The second kappa shape index (κ2) is 6.78. The third kappa shape index (κ3) is 4.28. The van der Waals surface area contributed by atoms with Gasteiger partial charge in [0.1, 0.15) is 0 Å². The Morgan fingerprint density at radius 2 is 1.42 bits per heavy atom. The van der Waals surface area contributed by atoms with E-state index in [1.165, 1.54) is 5.56 Å². The highest BCUT2D eigenvalue weighted by Crippen LogP contribution is 2.12. The quantitative estimate of drug-likeness (QED) is 0.816. The van der Waals surface area contributed by atoms with Crippen LogP contribution in [0.3, 0.4) is 0 Å². The minimum Gasteiger partial charge on any atom is -0.298 e. The standard InChI is InChI=1S/C18H19N/c1-15(2)19-18(17-11-7-4-8-12-17)14-13-16-9-5-3-6-10-16/h3-12,15,18-19H,1-2H3. The van der Waals surface area contributed by atoms with Crippen molar-refractivity contribution in [3.05, 3.63) is 71.8 Å². The molecule has 96 valence electrons. The third-order valence-corrected chi connectivity index (χ3v) is 2.77. The van der Waals surface area contributed by atoms with E-state index in [1.54, 1.807) is 0 Å². The lowest BCUT2D eigenvalue weighted by molar-refractivity contribution is 0.550. The number of nitrogens with one attached hydrogen (secondary N) is 1. The molecule has 0 spiro atoms. The number of benzene rings is 2. The van der Waals surface area contributed by atoms with Crippen LogP contribution in [0.1, 0.15) is 31.0 Å². The highest BCUT2D eigenvalue weighted by Gasteiger charge is 2.08. The largest absolute Gasteiger partial charge is 0.298 e. The molecule has 2 rings (SSSR count). The molecule has 0 aliphatic rings. The van der Waals surface area contributed by atoms with Crippen molar-refractivity contribution in [3.8, 4) is 11.8 Å². The van der Waals surface area contributed by atoms with E-state index in [9.17, 15) is 0 Å². The summed E-state index contributed by atoms with van der Waals surface area (Å²) in [5, 5.41) is 3.49. The van der Waals surface area contributed by atoms with Crippen LogP contribution in [0.5, 0.6) is 0 Å². The monoisotopic (exact) mass is 249 g/mol. The van der Waals surface area contributed by atoms with E-state index in [4.69, 9.17) is 0 Å². The van der Waals surface area contributed by atoms with Gasteiger partial charge in [0.2, 0.25) is 0 Å². The summed E-state index contributed by atoms with van der Waals surface area (Å²) in [5.74, 6) is 6.56. The second-order valence-electron chi connectivity index (χ2n) is 4.80. The molecule has 0 aliphatic carbocycles. The van der Waals surface area contributed by atoms with Crippen molar-refractivity contribution in [2.24, 2.45) is 0 Å². The molecule has 1 N–H and O–H groups in total. The van der Waals surface area contributed by atoms with Gasteiger partial charge in [0.25, 0.3) is 0 Å². The Labute approximate surface area is 115 Å². The molecule has 19 heavy (non-hydrogen) atoms. The predicted molar refractivity (Wildman–Crippen MR) is 80.8 cm³/mol. The van der Waals surface area contributed by atoms with Crippen LogP contribution in [-0.2, 0) is 0 Å². The fraction of sp³-hybridized carbons (Fsp3) is 0.222. The van der Waals surface area contributed by atoms with Gasteiger partial charge < -0.3 is 0 Å². The van der Waals surface area contributed by atoms with Gasteiger partial charge in [0.15, 0.2) is 0 Å². The van der Waals surface area contributed by atoms with Crippen LogP contribution in [0.25, 0.3) is 0 Å². The molecule has 2 aromatic carbocycles. The molecule has 0 saturated carbocycles. The summed E-state index contributed by atoms with van der Waals surface area (Å²) in [6, 6.07) is 20.9. The molecule has 0 aliphatic heterocycles. The van der Waals surface area contributed by atoms with Crippen LogP contribution in [0.4, 0.5) is 0 Å². The topological polar surface area (TPSA) is 12.0 Å². The molecule has 0 radical (unpaired) electrons. The fourth-order valence-corrected chi connectivity index (χ4v) is 1.88. The summed E-state index contributed by atoms with van der Waals surface area (Å²) in [4.78, 5) is 0. The molecular weight excluding hydrogens is 230 g/mol. The Bertz CT molecular complexity index is 546. The Morgan fingerprint density at radius 3 is 2.00 bits per heavy atom. The second-order valence-corrected chi connectivity index (χ2v) is 4.80. The zero-order valence-corrected chi connectivity index (χ0v) is 11.4. The fourth-order valence-electron chi connectivity index (χ4n) is 1.88. The van der Waals surface area contributed by atoms with E-state index in [0.717, 1.165) is 5.56 Å². The molecule has 2 aromatic rings. The van der Waals surface area contributed by atoms with Gasteiger partial charge in [-0.15, -0.1) is 0 Å². The zero-order valence-electron chi connectivity index (χ0n) is 11.4. The first-order chi connectivity index (χ1) is 9.25. The molecule has 1 unspecified atom stereocenters. The van der Waals surface area contributed by atoms with E-state index >= 15 is 0 Å². The van der Waals surface area contributed by atoms with Crippen molar-refractivity contribution in [2.45, 2.75) is 25.9 Å². The maximum absolute atomic E-state index is 3.49. The van der Waals surface area contributed by atoms with E-state index in [1.807, 2.05) is 36.4 Å². The van der Waals surface area contributed by atoms with E-state index < -0.39 is 0 Å². The maximum atomic E-state index is 3.49. The molecule has 0 fully saturated rings. The van der Waals surface area contributed by atoms with Gasteiger partial charge in [-0.1, -0.05) is 60.4 Å². The minimum absolute atomic E-state index is 0.0707. The lowest BCUT2D eigenvalue weighted by Gasteiger charge is -2.16. The highest BCUT2D eigenvalue weighted by molar-refractivity contribution is 5.37. The highest BCUT2D eigenvalue weighted by atomic mass is 14.9. The van der Waals surface area contributed by atoms with Gasteiger partial charge in [-0.3, -0.25) is 5.32 Å². The Balaban J connectivity index is 2.22. The van der Waals surface area contributed by atoms with Crippen LogP contribution in [0.15, 0.2) is 60.7 Å². The summed E-state index contributed by atoms with van der Waals surface area (Å²) in [6.07, 6.45) is 0. The van der Waals surface area contributed by atoms with Crippen molar-refractivity contribution < 1.29 is 0 Å². The Morgan fingerprint density at radius 1 is 0.842 bits per heavy atom. The Hall–Kier alpha value is -2.04. The summed E-state index contributed by atoms with van der Waals surface area (Å²) < 4.78 is 0. The number of rotatable bonds is 3. The SMILES string of the molecule is CC(C)NC(C#Cc1ccccc1)c1ccccc1. The van der Waals surface area contributed by atoms with E-state index in [0.29, 0.717) is 6.04 Å². The number of hydrogen-bond donors (Lipinski definition) is 1. The molecule has 0 heterocycles.